The minimum absolute atomic E-state index is 0.0316. The molecular weight excluding hydrogens is 370 g/mol. The molecule has 0 N–H and O–H groups in total. The lowest BCUT2D eigenvalue weighted by Crippen LogP contribution is -2.33. The van der Waals surface area contributed by atoms with Crippen LogP contribution in [0.5, 0.6) is 0 Å². The average molecular weight is 392 g/mol. The van der Waals surface area contributed by atoms with Gasteiger partial charge in [0.1, 0.15) is 0 Å². The summed E-state index contributed by atoms with van der Waals surface area (Å²) in [6.45, 7) is 0.847. The van der Waals surface area contributed by atoms with Gasteiger partial charge in [0.25, 0.3) is 5.91 Å². The molecule has 144 valence electrons. The Morgan fingerprint density at radius 3 is 2.67 bits per heavy atom. The Labute approximate surface area is 159 Å². The summed E-state index contributed by atoms with van der Waals surface area (Å²) in [4.78, 5) is 18.3. The van der Waals surface area contributed by atoms with E-state index in [0.717, 1.165) is 25.7 Å². The van der Waals surface area contributed by atoms with Crippen LogP contribution in [0, 0.1) is 34.8 Å². The summed E-state index contributed by atoms with van der Waals surface area (Å²) in [6, 6.07) is 2.37. The molecule has 4 aliphatic carbocycles. The minimum Gasteiger partial charge on any atom is -0.383 e. The number of rotatable bonds is 4. The van der Waals surface area contributed by atoms with E-state index in [1.165, 1.54) is 29.9 Å². The molecule has 1 amide bonds. The molecule has 7 heteroatoms. The Bertz CT molecular complexity index is 982. The number of methoxy groups -OCH3 is 1. The van der Waals surface area contributed by atoms with E-state index >= 15 is 0 Å². The first kappa shape index (κ1) is 17.5. The number of carbonyl (C=O) groups is 1. The molecule has 4 aliphatic rings. The summed E-state index contributed by atoms with van der Waals surface area (Å²) in [5.41, 5.74) is 0.261. The number of nitrogens with zero attached hydrogens (tertiary/aromatic N) is 2. The molecule has 0 aliphatic heterocycles. The lowest BCUT2D eigenvalue weighted by atomic mass is 9.75. The summed E-state index contributed by atoms with van der Waals surface area (Å²) in [5.74, 6) is 0.00584. The number of halogens is 2. The molecule has 4 bridgehead atoms. The van der Waals surface area contributed by atoms with Crippen LogP contribution in [0.3, 0.4) is 0 Å². The molecule has 2 unspecified atom stereocenters. The molecule has 27 heavy (non-hydrogen) atoms. The number of aromatic nitrogens is 1. The monoisotopic (exact) mass is 392 g/mol. The molecule has 0 saturated heterocycles. The van der Waals surface area contributed by atoms with Crippen molar-refractivity contribution in [1.82, 2.24) is 4.57 Å². The number of hydrogen-bond acceptors (Lipinski definition) is 3. The van der Waals surface area contributed by atoms with Crippen LogP contribution in [0.1, 0.15) is 32.1 Å². The van der Waals surface area contributed by atoms with E-state index in [-0.39, 0.29) is 11.3 Å². The van der Waals surface area contributed by atoms with E-state index in [9.17, 15) is 13.6 Å². The zero-order chi connectivity index (χ0) is 18.8. The Hall–Kier alpha value is -1.60. The van der Waals surface area contributed by atoms with Gasteiger partial charge in [0.2, 0.25) is 0 Å². The first-order valence-corrected chi connectivity index (χ1v) is 10.4. The van der Waals surface area contributed by atoms with Gasteiger partial charge in [-0.3, -0.25) is 4.79 Å². The smallest absolute Gasteiger partial charge is 0.254 e. The highest BCUT2D eigenvalue weighted by molar-refractivity contribution is 7.16. The fourth-order valence-corrected chi connectivity index (χ4v) is 6.95. The van der Waals surface area contributed by atoms with Gasteiger partial charge in [-0.15, -0.1) is 0 Å². The molecule has 2 atom stereocenters. The molecule has 4 fully saturated rings. The second-order valence-corrected chi connectivity index (χ2v) is 9.39. The van der Waals surface area contributed by atoms with Gasteiger partial charge in [0.15, 0.2) is 16.4 Å². The van der Waals surface area contributed by atoms with Crippen molar-refractivity contribution in [3.63, 3.8) is 0 Å². The van der Waals surface area contributed by atoms with E-state index < -0.39 is 11.6 Å². The average Bonchev–Trinajstić information content (AvgIpc) is 3.17. The number of fused-ring (bicyclic) bond motifs is 1. The van der Waals surface area contributed by atoms with Crippen molar-refractivity contribution in [2.24, 2.45) is 28.2 Å². The highest BCUT2D eigenvalue weighted by Gasteiger charge is 2.61. The van der Waals surface area contributed by atoms with Crippen LogP contribution in [-0.4, -0.2) is 24.2 Å². The van der Waals surface area contributed by atoms with Gasteiger partial charge < -0.3 is 9.30 Å². The summed E-state index contributed by atoms with van der Waals surface area (Å²) < 4.78 is 35.0. The summed E-state index contributed by atoms with van der Waals surface area (Å²) in [6.07, 6.45) is 5.50. The summed E-state index contributed by atoms with van der Waals surface area (Å²) >= 11 is 1.24. The van der Waals surface area contributed by atoms with Crippen LogP contribution in [0.2, 0.25) is 0 Å². The van der Waals surface area contributed by atoms with E-state index in [1.54, 1.807) is 11.7 Å². The minimum atomic E-state index is -0.894. The maximum Gasteiger partial charge on any atom is 0.254 e. The van der Waals surface area contributed by atoms with Gasteiger partial charge in [-0.1, -0.05) is 11.3 Å². The SMILES string of the molecule is COCCn1/c(=N/C(=O)C23CC4CC(CC2C4)C3)sc2cc(F)c(F)cc21. The van der Waals surface area contributed by atoms with Gasteiger partial charge in [-0.05, 0) is 55.9 Å². The van der Waals surface area contributed by atoms with Crippen molar-refractivity contribution in [2.45, 2.75) is 38.6 Å². The molecule has 6 rings (SSSR count). The molecule has 0 spiro atoms. The highest BCUT2D eigenvalue weighted by Crippen LogP contribution is 2.65. The third kappa shape index (κ3) is 2.62. The van der Waals surface area contributed by atoms with Crippen LogP contribution >= 0.6 is 11.3 Å². The normalized spacial score (nSPS) is 32.1. The van der Waals surface area contributed by atoms with Gasteiger partial charge in [-0.2, -0.15) is 4.99 Å². The zero-order valence-corrected chi connectivity index (χ0v) is 16.0. The topological polar surface area (TPSA) is 43.6 Å². The van der Waals surface area contributed by atoms with Crippen molar-refractivity contribution in [1.29, 1.82) is 0 Å². The van der Waals surface area contributed by atoms with Crippen LogP contribution in [0.25, 0.3) is 10.2 Å². The summed E-state index contributed by atoms with van der Waals surface area (Å²) in [5, 5.41) is 0. The molecule has 1 aromatic heterocycles. The van der Waals surface area contributed by atoms with Crippen LogP contribution in [0.4, 0.5) is 8.78 Å². The van der Waals surface area contributed by atoms with Crippen molar-refractivity contribution in [2.75, 3.05) is 13.7 Å². The van der Waals surface area contributed by atoms with Crippen LogP contribution in [0.15, 0.2) is 17.1 Å². The van der Waals surface area contributed by atoms with E-state index in [1.807, 2.05) is 0 Å². The fourth-order valence-electron chi connectivity index (χ4n) is 5.89. The van der Waals surface area contributed by atoms with E-state index in [4.69, 9.17) is 4.74 Å². The van der Waals surface area contributed by atoms with Crippen molar-refractivity contribution in [3.8, 4) is 0 Å². The third-order valence-corrected chi connectivity index (χ3v) is 7.90. The second-order valence-electron chi connectivity index (χ2n) is 8.38. The number of ether oxygens (including phenoxy) is 1. The third-order valence-electron chi connectivity index (χ3n) is 6.86. The number of hydrogen-bond donors (Lipinski definition) is 0. The van der Waals surface area contributed by atoms with Crippen molar-refractivity contribution < 1.29 is 18.3 Å². The zero-order valence-electron chi connectivity index (χ0n) is 15.2. The molecule has 1 heterocycles. The van der Waals surface area contributed by atoms with Gasteiger partial charge >= 0.3 is 0 Å². The lowest BCUT2D eigenvalue weighted by Gasteiger charge is -2.29. The fraction of sp³-hybridized carbons (Fsp3) is 0.600. The van der Waals surface area contributed by atoms with Gasteiger partial charge in [0, 0.05) is 19.7 Å². The van der Waals surface area contributed by atoms with E-state index in [2.05, 4.69) is 4.99 Å². The number of thiazole rings is 1. The molecule has 4 saturated carbocycles. The number of benzene rings is 1. The maximum atomic E-state index is 13.8. The Morgan fingerprint density at radius 2 is 1.96 bits per heavy atom. The molecule has 2 aromatic rings. The first-order chi connectivity index (χ1) is 13.0. The molecular formula is C20H22F2N2O2S. The molecule has 0 radical (unpaired) electrons. The quantitative estimate of drug-likeness (QED) is 0.793. The number of carbonyl (C=O) groups excluding carboxylic acids is 1. The van der Waals surface area contributed by atoms with Gasteiger partial charge in [-0.25, -0.2) is 8.78 Å². The van der Waals surface area contributed by atoms with Crippen LogP contribution < -0.4 is 4.80 Å². The van der Waals surface area contributed by atoms with Crippen molar-refractivity contribution >= 4 is 27.5 Å². The summed E-state index contributed by atoms with van der Waals surface area (Å²) in [7, 11) is 1.59. The van der Waals surface area contributed by atoms with Crippen LogP contribution in [-0.2, 0) is 16.1 Å². The first-order valence-electron chi connectivity index (χ1n) is 9.56. The predicted octanol–water partition coefficient (Wildman–Crippen LogP) is 3.88. The molecule has 1 aromatic carbocycles. The second kappa shape index (κ2) is 6.21. The predicted molar refractivity (Wildman–Crippen MR) is 98.2 cm³/mol. The molecule has 4 nitrogen and oxygen atoms in total. The van der Waals surface area contributed by atoms with Gasteiger partial charge in [0.05, 0.1) is 22.2 Å². The largest absolute Gasteiger partial charge is 0.383 e. The Morgan fingerprint density at radius 1 is 1.26 bits per heavy atom. The Balaban J connectivity index is 1.60. The van der Waals surface area contributed by atoms with E-state index in [0.29, 0.717) is 45.9 Å². The standard InChI is InChI=1S/C20H22F2N2O2S/c1-26-3-2-24-16-7-14(21)15(22)8-17(16)27-19(24)23-18(25)20-9-11-4-12(10-20)6-13(20)5-11/h7-8,11-13H,2-6,9-10H2,1H3/b23-19-. The highest BCUT2D eigenvalue weighted by atomic mass is 32.1. The maximum absolute atomic E-state index is 13.8. The number of amides is 1. The lowest BCUT2D eigenvalue weighted by molar-refractivity contribution is -0.129. The van der Waals surface area contributed by atoms with Crippen molar-refractivity contribution in [3.05, 3.63) is 28.6 Å². The Kier molecular flexibility index (Phi) is 4.02.